The van der Waals surface area contributed by atoms with Gasteiger partial charge in [0.05, 0.1) is 17.4 Å². The highest BCUT2D eigenvalue weighted by Gasteiger charge is 2.51. The van der Waals surface area contributed by atoms with Crippen LogP contribution in [0, 0.1) is 23.5 Å². The first-order valence-electron chi connectivity index (χ1n) is 10.6. The minimum absolute atomic E-state index is 0.266. The number of urea groups is 1. The zero-order chi connectivity index (χ0) is 25.1. The Kier molecular flexibility index (Phi) is 4.58. The molecule has 0 spiro atoms. The van der Waals surface area contributed by atoms with Gasteiger partial charge in [-0.2, -0.15) is 13.2 Å². The van der Waals surface area contributed by atoms with Gasteiger partial charge in [0.25, 0.3) is 0 Å². The molecular weight excluding hydrogens is 421 g/mol. The molecule has 2 atom stereocenters. The molecule has 5 nitrogen and oxygen atoms in total. The number of halogens is 6. The summed E-state index contributed by atoms with van der Waals surface area (Å²) < 4.78 is 98.8. The van der Waals surface area contributed by atoms with Crippen molar-refractivity contribution in [2.75, 3.05) is 13.0 Å². The highest BCUT2D eigenvalue weighted by atomic mass is 35.5. The number of rotatable bonds is 3. The molecule has 1 saturated heterocycles. The van der Waals surface area contributed by atoms with E-state index in [9.17, 15) is 31.5 Å². The number of amides is 3. The van der Waals surface area contributed by atoms with Gasteiger partial charge in [-0.25, -0.2) is 13.6 Å². The summed E-state index contributed by atoms with van der Waals surface area (Å²) in [6.07, 6.45) is -5.50. The van der Waals surface area contributed by atoms with Gasteiger partial charge >= 0.3 is 12.2 Å². The fourth-order valence-corrected chi connectivity index (χ4v) is 3.50. The lowest BCUT2D eigenvalue weighted by Gasteiger charge is -2.43. The van der Waals surface area contributed by atoms with Gasteiger partial charge in [-0.3, -0.25) is 4.79 Å². The van der Waals surface area contributed by atoms with Crippen molar-refractivity contribution >= 4 is 23.5 Å². The topological polar surface area (TPSA) is 61.4 Å². The van der Waals surface area contributed by atoms with Gasteiger partial charge in [0.15, 0.2) is 0 Å². The fraction of sp³-hybridized carbons (Fsp3) is 0.556. The third kappa shape index (κ3) is 4.26. The largest absolute Gasteiger partial charge is 0.391 e. The average molecular weight is 444 g/mol. The number of piperazine rings is 1. The molecular formula is C18H19ClF5N3O2. The van der Waals surface area contributed by atoms with Crippen LogP contribution in [0.2, 0.25) is 5.02 Å². The van der Waals surface area contributed by atoms with Crippen molar-refractivity contribution in [1.82, 2.24) is 15.5 Å². The molecule has 2 N–H and O–H groups in total. The highest BCUT2D eigenvalue weighted by molar-refractivity contribution is 6.31. The van der Waals surface area contributed by atoms with Crippen LogP contribution in [0.15, 0.2) is 12.1 Å². The Morgan fingerprint density at radius 1 is 1.38 bits per heavy atom. The highest BCUT2D eigenvalue weighted by Crippen LogP contribution is 2.50. The first kappa shape index (κ1) is 16.7. The molecule has 3 rings (SSSR count). The average Bonchev–Trinajstić information content (AvgIpc) is 2.61. The Balaban J connectivity index is 1.96. The van der Waals surface area contributed by atoms with Crippen molar-refractivity contribution in [3.05, 3.63) is 34.4 Å². The van der Waals surface area contributed by atoms with E-state index >= 15 is 0 Å². The Morgan fingerprint density at radius 2 is 2.03 bits per heavy atom. The van der Waals surface area contributed by atoms with Gasteiger partial charge in [0.2, 0.25) is 5.91 Å². The van der Waals surface area contributed by atoms with Crippen LogP contribution in [0.4, 0.5) is 26.7 Å². The van der Waals surface area contributed by atoms with Crippen molar-refractivity contribution in [3.63, 3.8) is 0 Å². The first-order valence-corrected chi connectivity index (χ1v) is 8.98. The molecule has 3 amide bonds. The van der Waals surface area contributed by atoms with Crippen molar-refractivity contribution in [1.29, 1.82) is 0 Å². The van der Waals surface area contributed by atoms with Crippen LogP contribution in [0.3, 0.4) is 0 Å². The lowest BCUT2D eigenvalue weighted by atomic mass is 9.69. The molecule has 0 radical (unpaired) electrons. The number of hydrogen-bond donors (Lipinski definition) is 2. The summed E-state index contributed by atoms with van der Waals surface area (Å²) in [7, 11) is 0. The number of nitrogens with one attached hydrogen (secondary N) is 2. The van der Waals surface area contributed by atoms with Crippen molar-refractivity contribution in [3.8, 4) is 0 Å². The molecule has 1 aliphatic carbocycles. The normalized spacial score (nSPS) is 31.3. The molecule has 1 saturated carbocycles. The second-order valence-corrected chi connectivity index (χ2v) is 7.31. The fourth-order valence-electron chi connectivity index (χ4n) is 3.33. The summed E-state index contributed by atoms with van der Waals surface area (Å²) in [5.74, 6) is -6.12. The van der Waals surface area contributed by atoms with Gasteiger partial charge in [-0.05, 0) is 31.7 Å². The predicted octanol–water partition coefficient (Wildman–Crippen LogP) is 3.78. The van der Waals surface area contributed by atoms with E-state index in [1.807, 2.05) is 5.32 Å². The predicted molar refractivity (Wildman–Crippen MR) is 94.1 cm³/mol. The Morgan fingerprint density at radius 3 is 2.66 bits per heavy atom. The van der Waals surface area contributed by atoms with Crippen LogP contribution in [0.25, 0.3) is 0 Å². The van der Waals surface area contributed by atoms with Crippen molar-refractivity contribution in [2.45, 2.75) is 38.0 Å². The standard InChI is InChI=1S/C18H19ClF5N3O2/c1-8-16(28)25-4-5-27(8)17(29)26-15(9-6-10(7-9)18(22,23)24)11-2-3-12(20)13(19)14(11)21/h2-3,8-10,15H,4-7H2,1H3,(H,25,28)(H,26,29)/t8-,9-,10-,15+/m1/s1/i4D2,5D2. The van der Waals surface area contributed by atoms with Crippen molar-refractivity contribution < 1.29 is 37.0 Å². The second-order valence-electron chi connectivity index (χ2n) is 6.93. The van der Waals surface area contributed by atoms with Gasteiger partial charge in [-0.15, -0.1) is 0 Å². The van der Waals surface area contributed by atoms with E-state index < -0.39 is 90.1 Å². The first-order chi connectivity index (χ1) is 15.0. The zero-order valence-electron chi connectivity index (χ0n) is 18.9. The van der Waals surface area contributed by atoms with Crippen LogP contribution in [-0.4, -0.2) is 42.1 Å². The van der Waals surface area contributed by atoms with Crippen molar-refractivity contribution in [2.24, 2.45) is 11.8 Å². The molecule has 11 heteroatoms. The Bertz CT molecular complexity index is 975. The van der Waals surface area contributed by atoms with Crippen LogP contribution < -0.4 is 10.6 Å². The lowest BCUT2D eigenvalue weighted by molar-refractivity contribution is -0.206. The van der Waals surface area contributed by atoms with E-state index in [2.05, 4.69) is 5.32 Å². The van der Waals surface area contributed by atoms with Crippen LogP contribution in [-0.2, 0) is 4.79 Å². The summed E-state index contributed by atoms with van der Waals surface area (Å²) in [4.78, 5) is 25.3. The number of nitrogens with zero attached hydrogens (tertiary/aromatic N) is 1. The molecule has 1 aromatic rings. The van der Waals surface area contributed by atoms with Gasteiger partial charge in [-0.1, -0.05) is 17.7 Å². The summed E-state index contributed by atoms with van der Waals surface area (Å²) >= 11 is 5.59. The maximum atomic E-state index is 14.7. The van der Waals surface area contributed by atoms with E-state index in [4.69, 9.17) is 17.1 Å². The molecule has 1 aliphatic heterocycles. The number of carbonyl (C=O) groups is 2. The third-order valence-electron chi connectivity index (χ3n) is 5.14. The minimum atomic E-state index is -4.52. The second kappa shape index (κ2) is 7.97. The van der Waals surface area contributed by atoms with E-state index in [-0.39, 0.29) is 4.90 Å². The molecule has 2 fully saturated rings. The SMILES string of the molecule is [2H]C1([2H])NC(=O)[C@@H](C)N(C(=O)N[C@H](c2ccc(F)c(Cl)c2F)[C@H]2C[C@H](C(F)(F)F)C2)C1([2H])[2H]. The van der Waals surface area contributed by atoms with E-state index in [0.29, 0.717) is 0 Å². The van der Waals surface area contributed by atoms with E-state index in [1.54, 1.807) is 0 Å². The minimum Gasteiger partial charge on any atom is -0.353 e. The molecule has 1 heterocycles. The van der Waals surface area contributed by atoms with E-state index in [1.165, 1.54) is 0 Å². The Hall–Kier alpha value is -2.10. The lowest BCUT2D eigenvalue weighted by Crippen LogP contribution is -2.59. The number of carbonyl (C=O) groups excluding carboxylic acids is 2. The quantitative estimate of drug-likeness (QED) is 0.552. The molecule has 0 aromatic heterocycles. The zero-order valence-corrected chi connectivity index (χ0v) is 15.7. The maximum absolute atomic E-state index is 14.7. The molecule has 0 bridgehead atoms. The summed E-state index contributed by atoms with van der Waals surface area (Å²) in [5, 5.41) is 3.10. The number of alkyl halides is 3. The molecule has 0 unspecified atom stereocenters. The van der Waals surface area contributed by atoms with Crippen LogP contribution >= 0.6 is 11.6 Å². The summed E-state index contributed by atoms with van der Waals surface area (Å²) in [5.41, 5.74) is -0.418. The van der Waals surface area contributed by atoms with Crippen LogP contribution in [0.1, 0.15) is 36.9 Å². The molecule has 160 valence electrons. The van der Waals surface area contributed by atoms with E-state index in [0.717, 1.165) is 19.1 Å². The monoisotopic (exact) mass is 443 g/mol. The summed E-state index contributed by atoms with van der Waals surface area (Å²) in [6.45, 7) is -4.94. The molecule has 29 heavy (non-hydrogen) atoms. The Labute approximate surface area is 174 Å². The number of benzene rings is 1. The third-order valence-corrected chi connectivity index (χ3v) is 5.48. The summed E-state index contributed by atoms with van der Waals surface area (Å²) in [6, 6.07) is -2.66. The van der Waals surface area contributed by atoms with Gasteiger partial charge in [0, 0.05) is 18.6 Å². The maximum Gasteiger partial charge on any atom is 0.391 e. The smallest absolute Gasteiger partial charge is 0.353 e. The van der Waals surface area contributed by atoms with Gasteiger partial charge in [0.1, 0.15) is 22.7 Å². The van der Waals surface area contributed by atoms with Crippen LogP contribution in [0.5, 0.6) is 0 Å². The molecule has 1 aromatic carbocycles. The molecule has 2 aliphatic rings. The number of hydrogen-bond acceptors (Lipinski definition) is 2. The van der Waals surface area contributed by atoms with Gasteiger partial charge < -0.3 is 15.5 Å².